The van der Waals surface area contributed by atoms with Gasteiger partial charge in [-0.2, -0.15) is 13.2 Å². The molecule has 1 aromatic carbocycles. The van der Waals surface area contributed by atoms with Crippen molar-refractivity contribution in [2.24, 2.45) is 0 Å². The van der Waals surface area contributed by atoms with E-state index < -0.39 is 33.2 Å². The Hall–Kier alpha value is -2.09. The zero-order chi connectivity index (χ0) is 20.1. The summed E-state index contributed by atoms with van der Waals surface area (Å²) in [5.41, 5.74) is 2.56. The number of benzene rings is 1. The Morgan fingerprint density at radius 3 is 2.36 bits per heavy atom. The van der Waals surface area contributed by atoms with Gasteiger partial charge in [0.25, 0.3) is 0 Å². The summed E-state index contributed by atoms with van der Waals surface area (Å²) in [6.07, 6.45) is 1.52. The fourth-order valence-electron chi connectivity index (χ4n) is 3.96. The molecule has 0 aromatic heterocycles. The van der Waals surface area contributed by atoms with Crippen LogP contribution in [0.1, 0.15) is 43.6 Å². The number of alkyl halides is 3. The Balaban J connectivity index is 1.48. The first-order valence-corrected chi connectivity index (χ1v) is 10.8. The minimum atomic E-state index is -4.93. The highest BCUT2D eigenvalue weighted by molar-refractivity contribution is 7.92. The second-order valence-corrected chi connectivity index (χ2v) is 9.78. The smallest absolute Gasteiger partial charge is 0.341 e. The van der Waals surface area contributed by atoms with Crippen molar-refractivity contribution in [1.29, 1.82) is 0 Å². The molecule has 8 heteroatoms. The third-order valence-corrected chi connectivity index (χ3v) is 7.73. The van der Waals surface area contributed by atoms with Crippen LogP contribution in [0, 0.1) is 0 Å². The Bertz CT molecular complexity index is 957. The predicted octanol–water partition coefficient (Wildman–Crippen LogP) is 3.80. The average Bonchev–Trinajstić information content (AvgIpc) is 3.43. The van der Waals surface area contributed by atoms with Crippen LogP contribution in [0.15, 0.2) is 52.5 Å². The molecular weight excluding hydrogens is 391 g/mol. The molecule has 1 aromatic rings. The molecule has 1 N–H and O–H groups in total. The topological polar surface area (TPSA) is 63.2 Å². The summed E-state index contributed by atoms with van der Waals surface area (Å²) >= 11 is 0. The molecule has 2 unspecified atom stereocenters. The van der Waals surface area contributed by atoms with Crippen molar-refractivity contribution in [3.05, 3.63) is 53.1 Å². The van der Waals surface area contributed by atoms with Gasteiger partial charge in [-0.25, -0.2) is 8.42 Å². The van der Waals surface area contributed by atoms with Crippen LogP contribution in [0.5, 0.6) is 0 Å². The van der Waals surface area contributed by atoms with Crippen LogP contribution in [0.2, 0.25) is 0 Å². The molecule has 1 fully saturated rings. The van der Waals surface area contributed by atoms with Gasteiger partial charge in [0.2, 0.25) is 0 Å². The van der Waals surface area contributed by atoms with Crippen LogP contribution in [0.4, 0.5) is 13.2 Å². The maximum atomic E-state index is 13.0. The van der Waals surface area contributed by atoms with Crippen LogP contribution >= 0.6 is 0 Å². The van der Waals surface area contributed by atoms with Gasteiger partial charge in [-0.3, -0.25) is 4.79 Å². The second-order valence-electron chi connectivity index (χ2n) is 7.61. The van der Waals surface area contributed by atoms with Crippen LogP contribution < -0.4 is 5.32 Å². The number of hydrogen-bond acceptors (Lipinski definition) is 3. The molecule has 4 nitrogen and oxygen atoms in total. The summed E-state index contributed by atoms with van der Waals surface area (Å²) in [5.74, 6) is -1.42. The minimum Gasteiger partial charge on any atom is -0.341 e. The number of hydrogen-bond donors (Lipinski definition) is 1. The highest BCUT2D eigenvalue weighted by atomic mass is 32.2. The Morgan fingerprint density at radius 2 is 1.75 bits per heavy atom. The SMILES string of the molecule is O=C(NC1CCC2=C1C=CC(S(=O)(=O)c1ccc(C3CC3)cc1)C2)C(F)(F)F. The maximum Gasteiger partial charge on any atom is 0.471 e. The fourth-order valence-corrected chi connectivity index (χ4v) is 5.54. The molecule has 3 aliphatic rings. The molecule has 0 heterocycles. The summed E-state index contributed by atoms with van der Waals surface area (Å²) < 4.78 is 63.4. The zero-order valence-corrected chi connectivity index (χ0v) is 15.8. The first-order chi connectivity index (χ1) is 13.2. The van der Waals surface area contributed by atoms with Crippen LogP contribution in [-0.4, -0.2) is 31.8 Å². The van der Waals surface area contributed by atoms with E-state index in [4.69, 9.17) is 0 Å². The Morgan fingerprint density at radius 1 is 1.07 bits per heavy atom. The molecule has 0 aliphatic heterocycles. The van der Waals surface area contributed by atoms with Gasteiger partial charge in [0.05, 0.1) is 16.2 Å². The molecule has 150 valence electrons. The van der Waals surface area contributed by atoms with Crippen molar-refractivity contribution < 1.29 is 26.4 Å². The first-order valence-electron chi connectivity index (χ1n) is 9.28. The number of nitrogens with one attached hydrogen (secondary N) is 1. The van der Waals surface area contributed by atoms with E-state index in [2.05, 4.69) is 0 Å². The summed E-state index contributed by atoms with van der Waals surface area (Å²) in [4.78, 5) is 11.5. The van der Waals surface area contributed by atoms with E-state index in [0.29, 0.717) is 24.3 Å². The molecule has 28 heavy (non-hydrogen) atoms. The second kappa shape index (κ2) is 6.76. The molecule has 0 bridgehead atoms. The number of halogens is 3. The largest absolute Gasteiger partial charge is 0.471 e. The number of allylic oxidation sites excluding steroid dienone is 1. The van der Waals surface area contributed by atoms with Gasteiger partial charge in [0, 0.05) is 0 Å². The average molecular weight is 411 g/mol. The molecule has 1 saturated carbocycles. The van der Waals surface area contributed by atoms with Gasteiger partial charge >= 0.3 is 12.1 Å². The standard InChI is InChI=1S/C20H20F3NO3S/c21-20(22,23)19(25)24-18-10-5-14-11-16(8-9-17(14)18)28(26,27)15-6-3-13(4-7-15)12-1-2-12/h3-4,6-9,12,16,18H,1-2,5,10-11H2,(H,24,25). The normalized spacial score (nSPS) is 25.0. The van der Waals surface area contributed by atoms with E-state index in [1.807, 2.05) is 17.4 Å². The number of rotatable bonds is 4. The molecule has 4 rings (SSSR count). The molecule has 0 spiro atoms. The lowest BCUT2D eigenvalue weighted by Gasteiger charge is -2.22. The third-order valence-electron chi connectivity index (χ3n) is 5.68. The van der Waals surface area contributed by atoms with Crippen molar-refractivity contribution in [2.45, 2.75) is 60.4 Å². The van der Waals surface area contributed by atoms with Crippen molar-refractivity contribution in [1.82, 2.24) is 5.32 Å². The zero-order valence-electron chi connectivity index (χ0n) is 15.0. The fraction of sp³-hybridized carbons (Fsp3) is 0.450. The monoisotopic (exact) mass is 411 g/mol. The van der Waals surface area contributed by atoms with Crippen LogP contribution in [-0.2, 0) is 14.6 Å². The summed E-state index contributed by atoms with van der Waals surface area (Å²) in [6, 6.07) is 6.28. The summed E-state index contributed by atoms with van der Waals surface area (Å²) in [6.45, 7) is 0. The van der Waals surface area contributed by atoms with E-state index in [1.165, 1.54) is 6.08 Å². The van der Waals surface area contributed by atoms with E-state index in [-0.39, 0.29) is 11.3 Å². The number of carbonyl (C=O) groups is 1. The number of carbonyl (C=O) groups excluding carboxylic acids is 1. The lowest BCUT2D eigenvalue weighted by molar-refractivity contribution is -0.174. The molecule has 0 radical (unpaired) electrons. The van der Waals surface area contributed by atoms with Gasteiger partial charge < -0.3 is 5.32 Å². The molecule has 3 aliphatic carbocycles. The highest BCUT2D eigenvalue weighted by Crippen LogP contribution is 2.41. The molecule has 1 amide bonds. The van der Waals surface area contributed by atoms with E-state index in [9.17, 15) is 26.4 Å². The van der Waals surface area contributed by atoms with Crippen molar-refractivity contribution in [2.75, 3.05) is 0 Å². The van der Waals surface area contributed by atoms with E-state index in [0.717, 1.165) is 24.0 Å². The Kier molecular flexibility index (Phi) is 4.64. The molecule has 0 saturated heterocycles. The van der Waals surface area contributed by atoms with Gasteiger partial charge in [0.1, 0.15) is 0 Å². The number of sulfone groups is 1. The maximum absolute atomic E-state index is 13.0. The van der Waals surface area contributed by atoms with Gasteiger partial charge in [-0.15, -0.1) is 0 Å². The minimum absolute atomic E-state index is 0.247. The lowest BCUT2D eigenvalue weighted by atomic mass is 9.98. The van der Waals surface area contributed by atoms with Crippen molar-refractivity contribution in [3.63, 3.8) is 0 Å². The Labute approximate surface area is 161 Å². The van der Waals surface area contributed by atoms with Crippen LogP contribution in [0.25, 0.3) is 0 Å². The van der Waals surface area contributed by atoms with E-state index in [1.54, 1.807) is 18.2 Å². The predicted molar refractivity (Wildman–Crippen MR) is 97.4 cm³/mol. The number of amides is 1. The quantitative estimate of drug-likeness (QED) is 0.820. The van der Waals surface area contributed by atoms with Gasteiger partial charge in [0.15, 0.2) is 9.84 Å². The van der Waals surface area contributed by atoms with Crippen LogP contribution in [0.3, 0.4) is 0 Å². The van der Waals surface area contributed by atoms with Crippen molar-refractivity contribution in [3.8, 4) is 0 Å². The summed E-state index contributed by atoms with van der Waals surface area (Å²) in [7, 11) is -3.57. The summed E-state index contributed by atoms with van der Waals surface area (Å²) in [5, 5.41) is 1.26. The van der Waals surface area contributed by atoms with Crippen molar-refractivity contribution >= 4 is 15.7 Å². The third kappa shape index (κ3) is 3.62. The highest BCUT2D eigenvalue weighted by Gasteiger charge is 2.42. The van der Waals surface area contributed by atoms with Gasteiger partial charge in [-0.05, 0) is 61.3 Å². The van der Waals surface area contributed by atoms with E-state index >= 15 is 0 Å². The molecular formula is C20H20F3NO3S. The van der Waals surface area contributed by atoms with Gasteiger partial charge in [-0.1, -0.05) is 29.9 Å². The first kappa shape index (κ1) is 19.2. The lowest BCUT2D eigenvalue weighted by Crippen LogP contribution is -2.43. The molecule has 2 atom stereocenters.